The second kappa shape index (κ2) is 6.11. The fourth-order valence-electron chi connectivity index (χ4n) is 2.93. The molecule has 7 nitrogen and oxygen atoms in total. The van der Waals surface area contributed by atoms with Crippen molar-refractivity contribution < 1.29 is 19.1 Å². The number of rotatable bonds is 4. The minimum absolute atomic E-state index is 0.00453. The molecule has 0 bridgehead atoms. The van der Waals surface area contributed by atoms with Gasteiger partial charge in [-0.3, -0.25) is 14.5 Å². The fourth-order valence-corrected chi connectivity index (χ4v) is 2.93. The van der Waals surface area contributed by atoms with Crippen LogP contribution in [0.15, 0.2) is 48.8 Å². The quantitative estimate of drug-likeness (QED) is 0.532. The summed E-state index contributed by atoms with van der Waals surface area (Å²) < 4.78 is 6.91. The Labute approximate surface area is 148 Å². The van der Waals surface area contributed by atoms with Crippen LogP contribution in [0, 0.1) is 6.92 Å². The lowest BCUT2D eigenvalue weighted by Gasteiger charge is -2.13. The van der Waals surface area contributed by atoms with Gasteiger partial charge in [-0.2, -0.15) is 0 Å². The van der Waals surface area contributed by atoms with Gasteiger partial charge in [0.25, 0.3) is 11.8 Å². The molecule has 1 aliphatic rings. The van der Waals surface area contributed by atoms with Crippen molar-refractivity contribution in [2.45, 2.75) is 6.92 Å². The highest BCUT2D eigenvalue weighted by molar-refractivity contribution is 6.21. The lowest BCUT2D eigenvalue weighted by Crippen LogP contribution is -2.33. The molecule has 1 aliphatic heterocycles. The Bertz CT molecular complexity index is 1020. The van der Waals surface area contributed by atoms with Gasteiger partial charge in [-0.25, -0.2) is 9.78 Å². The Kier molecular flexibility index (Phi) is 3.76. The molecule has 3 heterocycles. The number of nitrogens with zero attached hydrogens (tertiary/aromatic N) is 3. The number of carbonyl (C=O) groups is 3. The molecule has 0 unspecified atom stereocenters. The number of imidazole rings is 1. The standard InChI is InChI=1S/C19H15N3O4/c1-12-6-7-21-11-15(20-16(21)10-12)19(25)26-9-8-22-17(23)13-4-2-3-5-14(13)18(22)24/h2-7,10-11H,8-9H2,1H3. The van der Waals surface area contributed by atoms with Crippen LogP contribution in [0.3, 0.4) is 0 Å². The number of esters is 1. The van der Waals surface area contributed by atoms with Gasteiger partial charge in [0.2, 0.25) is 0 Å². The van der Waals surface area contributed by atoms with Gasteiger partial charge in [0.05, 0.1) is 17.7 Å². The first-order valence-electron chi connectivity index (χ1n) is 8.12. The molecule has 2 amide bonds. The van der Waals surface area contributed by atoms with Gasteiger partial charge in [0.15, 0.2) is 5.69 Å². The Hall–Kier alpha value is -3.48. The van der Waals surface area contributed by atoms with E-state index >= 15 is 0 Å². The second-order valence-electron chi connectivity index (χ2n) is 6.04. The number of aromatic nitrogens is 2. The van der Waals surface area contributed by atoms with Gasteiger partial charge >= 0.3 is 5.97 Å². The summed E-state index contributed by atoms with van der Waals surface area (Å²) in [6, 6.07) is 10.4. The number of imide groups is 1. The summed E-state index contributed by atoms with van der Waals surface area (Å²) in [5.41, 5.74) is 2.61. The van der Waals surface area contributed by atoms with Gasteiger partial charge < -0.3 is 9.14 Å². The number of amides is 2. The van der Waals surface area contributed by atoms with Crippen molar-refractivity contribution in [1.29, 1.82) is 0 Å². The predicted molar refractivity (Wildman–Crippen MR) is 92.0 cm³/mol. The van der Waals surface area contributed by atoms with Crippen molar-refractivity contribution >= 4 is 23.4 Å². The summed E-state index contributed by atoms with van der Waals surface area (Å²) in [4.78, 5) is 42.0. The van der Waals surface area contributed by atoms with Crippen LogP contribution in [0.5, 0.6) is 0 Å². The van der Waals surface area contributed by atoms with E-state index in [4.69, 9.17) is 4.74 Å². The number of hydrogen-bond acceptors (Lipinski definition) is 5. The van der Waals surface area contributed by atoms with E-state index in [1.807, 2.05) is 25.3 Å². The van der Waals surface area contributed by atoms with Crippen molar-refractivity contribution in [3.8, 4) is 0 Å². The maximum atomic E-state index is 12.3. The Morgan fingerprint density at radius 3 is 2.50 bits per heavy atom. The van der Waals surface area contributed by atoms with E-state index in [-0.39, 0.29) is 30.7 Å². The molecule has 0 atom stereocenters. The van der Waals surface area contributed by atoms with Crippen LogP contribution >= 0.6 is 0 Å². The summed E-state index contributed by atoms with van der Waals surface area (Å²) in [6.07, 6.45) is 3.40. The lowest BCUT2D eigenvalue weighted by atomic mass is 10.1. The number of carbonyl (C=O) groups excluding carboxylic acids is 3. The van der Waals surface area contributed by atoms with Crippen molar-refractivity contribution in [3.63, 3.8) is 0 Å². The molecular weight excluding hydrogens is 334 g/mol. The normalized spacial score (nSPS) is 13.3. The summed E-state index contributed by atoms with van der Waals surface area (Å²) in [5, 5.41) is 0. The number of ether oxygens (including phenoxy) is 1. The smallest absolute Gasteiger partial charge is 0.358 e. The molecule has 3 aromatic rings. The van der Waals surface area contributed by atoms with Crippen LogP contribution in [-0.2, 0) is 4.74 Å². The topological polar surface area (TPSA) is 81.0 Å². The summed E-state index contributed by atoms with van der Waals surface area (Å²) in [7, 11) is 0. The molecule has 0 aliphatic carbocycles. The monoisotopic (exact) mass is 349 g/mol. The molecule has 130 valence electrons. The third-order valence-electron chi connectivity index (χ3n) is 4.25. The van der Waals surface area contributed by atoms with Crippen molar-refractivity contribution in [2.75, 3.05) is 13.2 Å². The van der Waals surface area contributed by atoms with Crippen molar-refractivity contribution in [3.05, 3.63) is 71.2 Å². The highest BCUT2D eigenvalue weighted by Gasteiger charge is 2.34. The molecule has 1 aromatic carbocycles. The first kappa shape index (κ1) is 16.0. The summed E-state index contributed by atoms with van der Waals surface area (Å²) in [5.74, 6) is -1.34. The Morgan fingerprint density at radius 2 is 1.81 bits per heavy atom. The van der Waals surface area contributed by atoms with E-state index in [1.54, 1.807) is 34.9 Å². The molecule has 0 fully saturated rings. The van der Waals surface area contributed by atoms with Gasteiger partial charge in [-0.1, -0.05) is 12.1 Å². The van der Waals surface area contributed by atoms with E-state index in [0.29, 0.717) is 16.8 Å². The first-order chi connectivity index (χ1) is 12.5. The minimum atomic E-state index is -0.594. The van der Waals surface area contributed by atoms with Crippen LogP contribution in [0.1, 0.15) is 36.8 Å². The largest absolute Gasteiger partial charge is 0.459 e. The predicted octanol–water partition coefficient (Wildman–Crippen LogP) is 2.10. The fraction of sp³-hybridized carbons (Fsp3) is 0.158. The zero-order valence-electron chi connectivity index (χ0n) is 14.0. The highest BCUT2D eigenvalue weighted by atomic mass is 16.5. The summed E-state index contributed by atoms with van der Waals surface area (Å²) in [6.45, 7) is 1.86. The van der Waals surface area contributed by atoms with E-state index in [9.17, 15) is 14.4 Å². The van der Waals surface area contributed by atoms with Crippen molar-refractivity contribution in [2.24, 2.45) is 0 Å². The van der Waals surface area contributed by atoms with E-state index in [2.05, 4.69) is 4.98 Å². The highest BCUT2D eigenvalue weighted by Crippen LogP contribution is 2.22. The molecule has 0 radical (unpaired) electrons. The number of fused-ring (bicyclic) bond motifs is 2. The third kappa shape index (κ3) is 2.63. The van der Waals surface area contributed by atoms with Crippen LogP contribution in [0.4, 0.5) is 0 Å². The molecular formula is C19H15N3O4. The molecule has 0 spiro atoms. The van der Waals surface area contributed by atoms with Gasteiger partial charge in [0.1, 0.15) is 12.3 Å². The summed E-state index contributed by atoms with van der Waals surface area (Å²) >= 11 is 0. The number of pyridine rings is 1. The molecule has 0 saturated carbocycles. The van der Waals surface area contributed by atoms with Gasteiger partial charge in [-0.05, 0) is 36.8 Å². The Balaban J connectivity index is 1.41. The van der Waals surface area contributed by atoms with Gasteiger partial charge in [-0.15, -0.1) is 0 Å². The third-order valence-corrected chi connectivity index (χ3v) is 4.25. The number of aryl methyl sites for hydroxylation is 1. The lowest BCUT2D eigenvalue weighted by molar-refractivity contribution is 0.0416. The SMILES string of the molecule is Cc1ccn2cc(C(=O)OCCN3C(=O)c4ccccc4C3=O)nc2c1. The molecule has 0 saturated heterocycles. The Morgan fingerprint density at radius 1 is 1.12 bits per heavy atom. The van der Waals surface area contributed by atoms with Gasteiger partial charge in [0, 0.05) is 12.4 Å². The molecule has 4 rings (SSSR count). The van der Waals surface area contributed by atoms with E-state index in [1.165, 1.54) is 0 Å². The van der Waals surface area contributed by atoms with E-state index < -0.39 is 5.97 Å². The maximum absolute atomic E-state index is 12.3. The van der Waals surface area contributed by atoms with Crippen LogP contribution in [0.25, 0.3) is 5.65 Å². The van der Waals surface area contributed by atoms with Crippen LogP contribution < -0.4 is 0 Å². The average Bonchev–Trinajstić information content (AvgIpc) is 3.16. The minimum Gasteiger partial charge on any atom is -0.459 e. The first-order valence-corrected chi connectivity index (χ1v) is 8.12. The second-order valence-corrected chi connectivity index (χ2v) is 6.04. The number of hydrogen-bond donors (Lipinski definition) is 0. The molecule has 26 heavy (non-hydrogen) atoms. The number of benzene rings is 1. The van der Waals surface area contributed by atoms with E-state index in [0.717, 1.165) is 10.5 Å². The van der Waals surface area contributed by atoms with Crippen molar-refractivity contribution in [1.82, 2.24) is 14.3 Å². The van der Waals surface area contributed by atoms with Crippen LogP contribution in [0.2, 0.25) is 0 Å². The maximum Gasteiger partial charge on any atom is 0.358 e. The zero-order valence-corrected chi connectivity index (χ0v) is 14.0. The zero-order chi connectivity index (χ0) is 18.3. The van der Waals surface area contributed by atoms with Crippen LogP contribution in [-0.4, -0.2) is 45.2 Å². The molecule has 7 heteroatoms. The molecule has 2 aromatic heterocycles. The molecule has 0 N–H and O–H groups in total. The average molecular weight is 349 g/mol.